The second-order valence-electron chi connectivity index (χ2n) is 5.46. The van der Waals surface area contributed by atoms with E-state index in [0.717, 1.165) is 31.4 Å². The molecule has 4 heteroatoms. The van der Waals surface area contributed by atoms with E-state index in [1.807, 2.05) is 19.2 Å². The van der Waals surface area contributed by atoms with Gasteiger partial charge in [-0.3, -0.25) is 0 Å². The molecular formula is C16H24ClNO2. The van der Waals surface area contributed by atoms with Crippen LogP contribution in [-0.4, -0.2) is 26.4 Å². The highest BCUT2D eigenvalue weighted by atomic mass is 35.5. The summed E-state index contributed by atoms with van der Waals surface area (Å²) in [4.78, 5) is 0. The fourth-order valence-corrected chi connectivity index (χ4v) is 2.88. The molecule has 0 heterocycles. The minimum atomic E-state index is 0.207. The summed E-state index contributed by atoms with van der Waals surface area (Å²) in [5, 5.41) is 3.89. The van der Waals surface area contributed by atoms with Crippen LogP contribution in [0.5, 0.6) is 5.75 Å². The lowest BCUT2D eigenvalue weighted by Gasteiger charge is -2.29. The van der Waals surface area contributed by atoms with Gasteiger partial charge in [0.15, 0.2) is 0 Å². The van der Waals surface area contributed by atoms with E-state index in [1.54, 1.807) is 7.11 Å². The van der Waals surface area contributed by atoms with Crippen molar-refractivity contribution in [3.8, 4) is 5.75 Å². The SMILES string of the molecule is CNC(C)c1ccc(OC2CCCC(OC)C2)c(Cl)c1. The Labute approximate surface area is 126 Å². The zero-order valence-corrected chi connectivity index (χ0v) is 13.2. The van der Waals surface area contributed by atoms with Crippen molar-refractivity contribution >= 4 is 11.6 Å². The monoisotopic (exact) mass is 297 g/mol. The molecule has 1 aromatic rings. The standard InChI is InChI=1S/C16H24ClNO2/c1-11(18-2)12-7-8-16(15(17)9-12)20-14-6-4-5-13(10-14)19-3/h7-9,11,13-14,18H,4-6,10H2,1-3H3. The van der Waals surface area contributed by atoms with Crippen LogP contribution in [0.1, 0.15) is 44.2 Å². The largest absolute Gasteiger partial charge is 0.489 e. The Morgan fingerprint density at radius 3 is 2.70 bits per heavy atom. The number of halogens is 1. The number of hydrogen-bond acceptors (Lipinski definition) is 3. The van der Waals surface area contributed by atoms with Crippen molar-refractivity contribution in [3.05, 3.63) is 28.8 Å². The van der Waals surface area contributed by atoms with Crippen molar-refractivity contribution in [2.45, 2.75) is 50.9 Å². The van der Waals surface area contributed by atoms with Gasteiger partial charge in [0.05, 0.1) is 11.1 Å². The van der Waals surface area contributed by atoms with Crippen LogP contribution in [0.25, 0.3) is 0 Å². The summed E-state index contributed by atoms with van der Waals surface area (Å²) in [5.74, 6) is 0.778. The molecule has 0 saturated heterocycles. The fraction of sp³-hybridized carbons (Fsp3) is 0.625. The summed E-state index contributed by atoms with van der Waals surface area (Å²) in [6.45, 7) is 2.11. The second-order valence-corrected chi connectivity index (χ2v) is 5.87. The zero-order valence-electron chi connectivity index (χ0n) is 12.5. The minimum Gasteiger partial charge on any atom is -0.489 e. The van der Waals surface area contributed by atoms with Crippen LogP contribution in [0.15, 0.2) is 18.2 Å². The molecule has 0 aliphatic heterocycles. The van der Waals surface area contributed by atoms with Gasteiger partial charge in [0.2, 0.25) is 0 Å². The first-order chi connectivity index (χ1) is 9.63. The molecule has 3 atom stereocenters. The van der Waals surface area contributed by atoms with E-state index in [1.165, 1.54) is 5.56 Å². The average Bonchev–Trinajstić information content (AvgIpc) is 2.48. The summed E-state index contributed by atoms with van der Waals surface area (Å²) in [5.41, 5.74) is 1.17. The lowest BCUT2D eigenvalue weighted by Crippen LogP contribution is -2.29. The molecule has 1 aliphatic carbocycles. The first kappa shape index (κ1) is 15.6. The Balaban J connectivity index is 2.02. The maximum absolute atomic E-state index is 6.34. The molecule has 3 nitrogen and oxygen atoms in total. The number of nitrogens with one attached hydrogen (secondary N) is 1. The Bertz CT molecular complexity index is 438. The quantitative estimate of drug-likeness (QED) is 0.892. The number of benzene rings is 1. The summed E-state index contributed by atoms with van der Waals surface area (Å²) < 4.78 is 11.5. The number of ether oxygens (including phenoxy) is 2. The van der Waals surface area contributed by atoms with E-state index >= 15 is 0 Å². The molecule has 0 radical (unpaired) electrons. The van der Waals surface area contributed by atoms with Gasteiger partial charge < -0.3 is 14.8 Å². The lowest BCUT2D eigenvalue weighted by atomic mass is 9.95. The predicted octanol–water partition coefficient (Wildman–Crippen LogP) is 3.96. The van der Waals surface area contributed by atoms with Crippen molar-refractivity contribution in [2.75, 3.05) is 14.2 Å². The van der Waals surface area contributed by atoms with Gasteiger partial charge in [-0.2, -0.15) is 0 Å². The van der Waals surface area contributed by atoms with E-state index < -0.39 is 0 Å². The topological polar surface area (TPSA) is 30.5 Å². The molecule has 20 heavy (non-hydrogen) atoms. The molecule has 0 bridgehead atoms. The van der Waals surface area contributed by atoms with Crippen LogP contribution < -0.4 is 10.1 Å². The lowest BCUT2D eigenvalue weighted by molar-refractivity contribution is 0.0210. The van der Waals surface area contributed by atoms with Crippen LogP contribution >= 0.6 is 11.6 Å². The van der Waals surface area contributed by atoms with Gasteiger partial charge in [-0.05, 0) is 50.9 Å². The summed E-state index contributed by atoms with van der Waals surface area (Å²) in [6.07, 6.45) is 4.82. The maximum Gasteiger partial charge on any atom is 0.138 e. The van der Waals surface area contributed by atoms with E-state index in [-0.39, 0.29) is 12.1 Å². The Hall–Kier alpha value is -0.770. The third-order valence-electron chi connectivity index (χ3n) is 4.09. The predicted molar refractivity (Wildman–Crippen MR) is 82.6 cm³/mol. The Morgan fingerprint density at radius 2 is 2.05 bits per heavy atom. The summed E-state index contributed by atoms with van der Waals surface area (Å²) in [7, 11) is 3.71. The smallest absolute Gasteiger partial charge is 0.138 e. The van der Waals surface area contributed by atoms with Crippen molar-refractivity contribution < 1.29 is 9.47 Å². The van der Waals surface area contributed by atoms with Crippen LogP contribution in [0, 0.1) is 0 Å². The first-order valence-electron chi connectivity index (χ1n) is 7.30. The van der Waals surface area contributed by atoms with Crippen molar-refractivity contribution in [3.63, 3.8) is 0 Å². The number of methoxy groups -OCH3 is 1. The van der Waals surface area contributed by atoms with Crippen LogP contribution in [0.2, 0.25) is 5.02 Å². The highest BCUT2D eigenvalue weighted by Crippen LogP contribution is 2.31. The molecule has 0 aromatic heterocycles. The third kappa shape index (κ3) is 3.87. The van der Waals surface area contributed by atoms with Crippen LogP contribution in [0.4, 0.5) is 0 Å². The molecule has 1 aliphatic rings. The number of hydrogen-bond donors (Lipinski definition) is 1. The average molecular weight is 298 g/mol. The van der Waals surface area contributed by atoms with Gasteiger partial charge in [-0.1, -0.05) is 17.7 Å². The number of rotatable bonds is 5. The van der Waals surface area contributed by atoms with Crippen molar-refractivity contribution in [1.29, 1.82) is 0 Å². The van der Waals surface area contributed by atoms with E-state index in [0.29, 0.717) is 11.1 Å². The highest BCUT2D eigenvalue weighted by molar-refractivity contribution is 6.32. The third-order valence-corrected chi connectivity index (χ3v) is 4.39. The Morgan fingerprint density at radius 1 is 1.30 bits per heavy atom. The highest BCUT2D eigenvalue weighted by Gasteiger charge is 2.23. The Kier molecular flexibility index (Phi) is 5.70. The second kappa shape index (κ2) is 7.30. The van der Waals surface area contributed by atoms with Crippen LogP contribution in [0.3, 0.4) is 0 Å². The van der Waals surface area contributed by atoms with Crippen molar-refractivity contribution in [1.82, 2.24) is 5.32 Å². The zero-order chi connectivity index (χ0) is 14.5. The van der Waals surface area contributed by atoms with Gasteiger partial charge in [0.25, 0.3) is 0 Å². The molecule has 1 fully saturated rings. The first-order valence-corrected chi connectivity index (χ1v) is 7.68. The summed E-state index contributed by atoms with van der Waals surface area (Å²) in [6, 6.07) is 6.31. The molecular weight excluding hydrogens is 274 g/mol. The molecule has 1 N–H and O–H groups in total. The van der Waals surface area contributed by atoms with Gasteiger partial charge in [0, 0.05) is 19.6 Å². The molecule has 1 saturated carbocycles. The van der Waals surface area contributed by atoms with Gasteiger partial charge in [0.1, 0.15) is 11.9 Å². The minimum absolute atomic E-state index is 0.207. The van der Waals surface area contributed by atoms with E-state index in [2.05, 4.69) is 18.3 Å². The maximum atomic E-state index is 6.34. The van der Waals surface area contributed by atoms with Gasteiger partial charge in [-0.15, -0.1) is 0 Å². The molecule has 112 valence electrons. The normalized spacial score (nSPS) is 24.4. The molecule has 0 amide bonds. The van der Waals surface area contributed by atoms with E-state index in [4.69, 9.17) is 21.1 Å². The fourth-order valence-electron chi connectivity index (χ4n) is 2.65. The van der Waals surface area contributed by atoms with E-state index in [9.17, 15) is 0 Å². The molecule has 3 unspecified atom stereocenters. The molecule has 2 rings (SSSR count). The molecule has 0 spiro atoms. The van der Waals surface area contributed by atoms with Gasteiger partial charge in [-0.25, -0.2) is 0 Å². The van der Waals surface area contributed by atoms with Crippen LogP contribution in [-0.2, 0) is 4.74 Å². The van der Waals surface area contributed by atoms with Crippen molar-refractivity contribution in [2.24, 2.45) is 0 Å². The molecule has 1 aromatic carbocycles. The van der Waals surface area contributed by atoms with Gasteiger partial charge >= 0.3 is 0 Å². The summed E-state index contributed by atoms with van der Waals surface area (Å²) >= 11 is 6.34.